The van der Waals surface area contributed by atoms with E-state index in [1.165, 1.54) is 6.20 Å². The number of rotatable bonds is 8. The molecule has 138 valence electrons. The molecule has 0 fully saturated rings. The fraction of sp³-hybridized carbons (Fsp3) is 0.190. The van der Waals surface area contributed by atoms with E-state index in [0.717, 1.165) is 5.56 Å². The molecule has 2 aromatic carbocycles. The minimum Gasteiger partial charge on any atom is -0.485 e. The first-order valence-electron chi connectivity index (χ1n) is 8.65. The van der Waals surface area contributed by atoms with Crippen LogP contribution in [0, 0.1) is 0 Å². The Morgan fingerprint density at radius 2 is 1.74 bits per heavy atom. The molecular weight excluding hydrogens is 344 g/mol. The highest BCUT2D eigenvalue weighted by molar-refractivity contribution is 5.97. The summed E-state index contributed by atoms with van der Waals surface area (Å²) in [6, 6.07) is 16.5. The second-order valence-electron chi connectivity index (χ2n) is 5.87. The fourth-order valence-corrected chi connectivity index (χ4v) is 2.50. The van der Waals surface area contributed by atoms with Crippen LogP contribution in [0.1, 0.15) is 33.2 Å². The van der Waals surface area contributed by atoms with Gasteiger partial charge in [0.25, 0.3) is 0 Å². The van der Waals surface area contributed by atoms with Gasteiger partial charge >= 0.3 is 5.97 Å². The molecule has 0 aliphatic rings. The lowest BCUT2D eigenvalue weighted by molar-refractivity contribution is 0.0526. The summed E-state index contributed by atoms with van der Waals surface area (Å²) in [7, 11) is 0. The van der Waals surface area contributed by atoms with Gasteiger partial charge in [-0.3, -0.25) is 9.48 Å². The molecular formula is C21H20N2O4. The normalized spacial score (nSPS) is 10.4. The molecule has 0 saturated heterocycles. The van der Waals surface area contributed by atoms with Crippen molar-refractivity contribution in [2.45, 2.75) is 13.5 Å². The van der Waals surface area contributed by atoms with Gasteiger partial charge in [-0.05, 0) is 24.6 Å². The van der Waals surface area contributed by atoms with Crippen LogP contribution in [0.5, 0.6) is 5.75 Å². The molecule has 0 radical (unpaired) electrons. The first-order chi connectivity index (χ1) is 13.2. The van der Waals surface area contributed by atoms with E-state index in [-0.39, 0.29) is 18.4 Å². The predicted octanol–water partition coefficient (Wildman–Crippen LogP) is 3.37. The molecule has 1 heterocycles. The Kier molecular flexibility index (Phi) is 5.99. The third-order valence-corrected chi connectivity index (χ3v) is 3.88. The molecule has 27 heavy (non-hydrogen) atoms. The van der Waals surface area contributed by atoms with E-state index in [0.29, 0.717) is 30.0 Å². The van der Waals surface area contributed by atoms with Gasteiger partial charge in [-0.2, -0.15) is 5.10 Å². The average Bonchev–Trinajstić information content (AvgIpc) is 3.17. The Bertz CT molecular complexity index is 901. The number of ether oxygens (including phenoxy) is 2. The maximum atomic E-state index is 12.1. The first kappa shape index (κ1) is 18.4. The summed E-state index contributed by atoms with van der Waals surface area (Å²) in [6.07, 6.45) is 3.14. The topological polar surface area (TPSA) is 70.4 Å². The molecule has 0 bridgehead atoms. The summed E-state index contributed by atoms with van der Waals surface area (Å²) in [5.41, 5.74) is 2.05. The number of aromatic nitrogens is 2. The van der Waals surface area contributed by atoms with Crippen molar-refractivity contribution < 1.29 is 19.1 Å². The maximum absolute atomic E-state index is 12.1. The lowest BCUT2D eigenvalue weighted by Gasteiger charge is -2.07. The summed E-state index contributed by atoms with van der Waals surface area (Å²) in [5.74, 6) is 0.175. The summed E-state index contributed by atoms with van der Waals surface area (Å²) in [4.78, 5) is 23.7. The number of hydrogen-bond acceptors (Lipinski definition) is 5. The summed E-state index contributed by atoms with van der Waals surface area (Å²) in [5, 5.41) is 4.17. The number of carbonyl (C=O) groups excluding carboxylic acids is 2. The van der Waals surface area contributed by atoms with Gasteiger partial charge in [-0.15, -0.1) is 0 Å². The fourth-order valence-electron chi connectivity index (χ4n) is 2.50. The van der Waals surface area contributed by atoms with Gasteiger partial charge < -0.3 is 9.47 Å². The van der Waals surface area contributed by atoms with Crippen LogP contribution < -0.4 is 4.74 Å². The molecule has 0 aliphatic heterocycles. The number of esters is 1. The van der Waals surface area contributed by atoms with Crippen molar-refractivity contribution in [1.29, 1.82) is 0 Å². The van der Waals surface area contributed by atoms with E-state index in [4.69, 9.17) is 9.47 Å². The van der Waals surface area contributed by atoms with Crippen LogP contribution in [0.15, 0.2) is 67.0 Å². The minimum absolute atomic E-state index is 0.00852. The second kappa shape index (κ2) is 8.80. The van der Waals surface area contributed by atoms with Crippen LogP contribution in [0.25, 0.3) is 0 Å². The van der Waals surface area contributed by atoms with Crippen LogP contribution in [0.3, 0.4) is 0 Å². The first-order valence-corrected chi connectivity index (χ1v) is 8.65. The molecule has 3 aromatic rings. The van der Waals surface area contributed by atoms with Crippen LogP contribution in [-0.4, -0.2) is 34.7 Å². The third-order valence-electron chi connectivity index (χ3n) is 3.88. The zero-order chi connectivity index (χ0) is 19.1. The van der Waals surface area contributed by atoms with E-state index < -0.39 is 0 Å². The summed E-state index contributed by atoms with van der Waals surface area (Å²) < 4.78 is 12.2. The van der Waals surface area contributed by atoms with Crippen LogP contribution in [-0.2, 0) is 11.3 Å². The quantitative estimate of drug-likeness (QED) is 0.453. The maximum Gasteiger partial charge on any atom is 0.341 e. The number of nitrogens with zero attached hydrogens (tertiary/aromatic N) is 2. The second-order valence-corrected chi connectivity index (χ2v) is 5.87. The van der Waals surface area contributed by atoms with Gasteiger partial charge in [0.2, 0.25) is 0 Å². The Balaban J connectivity index is 1.54. The van der Waals surface area contributed by atoms with E-state index in [1.54, 1.807) is 29.9 Å². The largest absolute Gasteiger partial charge is 0.485 e. The molecule has 3 rings (SSSR count). The minimum atomic E-state index is -0.379. The van der Waals surface area contributed by atoms with Crippen LogP contribution in [0.4, 0.5) is 0 Å². The third kappa shape index (κ3) is 5.04. The lowest BCUT2D eigenvalue weighted by Crippen LogP contribution is -2.11. The van der Waals surface area contributed by atoms with Crippen LogP contribution in [0.2, 0.25) is 0 Å². The highest BCUT2D eigenvalue weighted by Gasteiger charge is 2.10. The van der Waals surface area contributed by atoms with Crippen molar-refractivity contribution in [1.82, 2.24) is 9.78 Å². The van der Waals surface area contributed by atoms with E-state index in [1.807, 2.05) is 42.5 Å². The van der Waals surface area contributed by atoms with Crippen LogP contribution >= 0.6 is 0 Å². The van der Waals surface area contributed by atoms with E-state index in [9.17, 15) is 9.59 Å². The summed E-state index contributed by atoms with van der Waals surface area (Å²) in [6.45, 7) is 2.60. The van der Waals surface area contributed by atoms with Gasteiger partial charge in [0.05, 0.1) is 24.9 Å². The summed E-state index contributed by atoms with van der Waals surface area (Å²) >= 11 is 0. The number of benzene rings is 2. The highest BCUT2D eigenvalue weighted by atomic mass is 16.5. The molecule has 0 unspecified atom stereocenters. The van der Waals surface area contributed by atoms with Crippen molar-refractivity contribution in [2.75, 3.05) is 13.2 Å². The lowest BCUT2D eigenvalue weighted by atomic mass is 10.1. The van der Waals surface area contributed by atoms with Gasteiger partial charge in [0, 0.05) is 11.8 Å². The van der Waals surface area contributed by atoms with Crippen molar-refractivity contribution in [3.63, 3.8) is 0 Å². The molecule has 0 amide bonds. The SMILES string of the molecule is CCOC(=O)c1cnn(Cc2ccc(OCC(=O)c3ccccc3)cc2)c1. The predicted molar refractivity (Wildman–Crippen MR) is 100.0 cm³/mol. The Morgan fingerprint density at radius 3 is 2.44 bits per heavy atom. The number of hydrogen-bond donors (Lipinski definition) is 0. The van der Waals surface area contributed by atoms with Gasteiger partial charge in [-0.25, -0.2) is 4.79 Å². The molecule has 0 N–H and O–H groups in total. The van der Waals surface area contributed by atoms with Gasteiger partial charge in [0.15, 0.2) is 12.4 Å². The molecule has 0 spiro atoms. The van der Waals surface area contributed by atoms with Crippen molar-refractivity contribution in [3.05, 3.63) is 83.7 Å². The number of carbonyl (C=O) groups is 2. The van der Waals surface area contributed by atoms with Gasteiger partial charge in [0.1, 0.15) is 5.75 Å². The molecule has 0 saturated carbocycles. The Hall–Kier alpha value is -3.41. The van der Waals surface area contributed by atoms with Crippen molar-refractivity contribution in [3.8, 4) is 5.75 Å². The Labute approximate surface area is 157 Å². The van der Waals surface area contributed by atoms with E-state index in [2.05, 4.69) is 5.10 Å². The van der Waals surface area contributed by atoms with E-state index >= 15 is 0 Å². The average molecular weight is 364 g/mol. The van der Waals surface area contributed by atoms with Gasteiger partial charge in [-0.1, -0.05) is 42.5 Å². The molecule has 0 atom stereocenters. The van der Waals surface area contributed by atoms with Crippen molar-refractivity contribution in [2.24, 2.45) is 0 Å². The monoisotopic (exact) mass is 364 g/mol. The number of ketones is 1. The molecule has 0 aliphatic carbocycles. The zero-order valence-electron chi connectivity index (χ0n) is 15.0. The smallest absolute Gasteiger partial charge is 0.341 e. The standard InChI is InChI=1S/C21H20N2O4/c1-2-26-21(25)18-12-22-23(14-18)13-16-8-10-19(11-9-16)27-15-20(24)17-6-4-3-5-7-17/h3-12,14H,2,13,15H2,1H3. The molecule has 1 aromatic heterocycles. The zero-order valence-corrected chi connectivity index (χ0v) is 15.0. The molecule has 6 nitrogen and oxygen atoms in total. The Morgan fingerprint density at radius 1 is 1.00 bits per heavy atom. The van der Waals surface area contributed by atoms with Crippen molar-refractivity contribution >= 4 is 11.8 Å². The molecule has 6 heteroatoms. The number of Topliss-reactive ketones (excluding diaryl/α,β-unsaturated/α-hetero) is 1. The highest BCUT2D eigenvalue weighted by Crippen LogP contribution is 2.14.